The molecule has 1 aromatic heterocycles. The lowest BCUT2D eigenvalue weighted by atomic mass is 10.1. The fraction of sp³-hybridized carbons (Fsp3) is 0.333. The number of aryl methyl sites for hydroxylation is 1. The maximum atomic E-state index is 12.3. The monoisotopic (exact) mass is 289 g/mol. The number of nitrogens with zero attached hydrogens (tertiary/aromatic N) is 2. The van der Waals surface area contributed by atoms with Crippen LogP contribution in [0, 0.1) is 0 Å². The van der Waals surface area contributed by atoms with Gasteiger partial charge in [0, 0.05) is 18.1 Å². The van der Waals surface area contributed by atoms with Gasteiger partial charge in [-0.25, -0.2) is 4.98 Å². The fourth-order valence-corrected chi connectivity index (χ4v) is 2.82. The minimum absolute atomic E-state index is 0.0931. The Morgan fingerprint density at radius 1 is 1.40 bits per heavy atom. The molecular weight excluding hydrogens is 270 g/mol. The van der Waals surface area contributed by atoms with Crippen LogP contribution in [0.2, 0.25) is 0 Å². The van der Waals surface area contributed by atoms with Gasteiger partial charge in [0.2, 0.25) is 5.91 Å². The number of rotatable bonds is 5. The summed E-state index contributed by atoms with van der Waals surface area (Å²) in [6.07, 6.45) is 2.84. The van der Waals surface area contributed by atoms with Crippen molar-refractivity contribution in [1.82, 2.24) is 9.88 Å². The number of thiazole rings is 1. The molecule has 0 saturated carbocycles. The highest BCUT2D eigenvalue weighted by Crippen LogP contribution is 2.17. The molecule has 0 bridgehead atoms. The summed E-state index contributed by atoms with van der Waals surface area (Å²) in [5.41, 5.74) is 6.85. The van der Waals surface area contributed by atoms with Gasteiger partial charge in [0.1, 0.15) is 11.0 Å². The third-order valence-electron chi connectivity index (χ3n) is 3.12. The lowest BCUT2D eigenvalue weighted by Crippen LogP contribution is -2.35. The van der Waals surface area contributed by atoms with Crippen LogP contribution in [0.5, 0.6) is 0 Å². The number of hydrogen-bond donors (Lipinski definition) is 1. The normalized spacial score (nSPS) is 12.2. The third kappa shape index (κ3) is 3.43. The van der Waals surface area contributed by atoms with Gasteiger partial charge >= 0.3 is 0 Å². The maximum absolute atomic E-state index is 12.3. The number of aromatic nitrogens is 1. The second-order valence-electron chi connectivity index (χ2n) is 4.66. The first kappa shape index (κ1) is 14.7. The number of hydrogen-bond acceptors (Lipinski definition) is 4. The van der Waals surface area contributed by atoms with Crippen LogP contribution in [-0.2, 0) is 17.8 Å². The van der Waals surface area contributed by atoms with Crippen LogP contribution in [0.25, 0.3) is 0 Å². The zero-order chi connectivity index (χ0) is 14.5. The summed E-state index contributed by atoms with van der Waals surface area (Å²) < 4.78 is 0. The van der Waals surface area contributed by atoms with Gasteiger partial charge in [0.05, 0.1) is 6.54 Å². The third-order valence-corrected chi connectivity index (χ3v) is 4.25. The Morgan fingerprint density at radius 2 is 2.10 bits per heavy atom. The van der Waals surface area contributed by atoms with Crippen molar-refractivity contribution in [1.29, 1.82) is 0 Å². The standard InChI is InChI=1S/C15H19N3OS/c1-3-12-9-17-13(20-12)10-18(2)15(19)14(16)11-7-5-4-6-8-11/h4-9,14H,3,10,16H2,1-2H3. The summed E-state index contributed by atoms with van der Waals surface area (Å²) >= 11 is 1.64. The molecule has 4 nitrogen and oxygen atoms in total. The number of amides is 1. The molecule has 0 radical (unpaired) electrons. The van der Waals surface area contributed by atoms with Crippen molar-refractivity contribution in [2.45, 2.75) is 25.9 Å². The number of benzene rings is 1. The summed E-state index contributed by atoms with van der Waals surface area (Å²) in [4.78, 5) is 19.5. The van der Waals surface area contributed by atoms with Gasteiger partial charge in [-0.2, -0.15) is 0 Å². The van der Waals surface area contributed by atoms with E-state index in [1.54, 1.807) is 23.3 Å². The second kappa shape index (κ2) is 6.63. The van der Waals surface area contributed by atoms with Crippen molar-refractivity contribution >= 4 is 17.2 Å². The van der Waals surface area contributed by atoms with E-state index >= 15 is 0 Å². The molecule has 20 heavy (non-hydrogen) atoms. The van der Waals surface area contributed by atoms with Gasteiger partial charge in [0.25, 0.3) is 0 Å². The molecule has 2 rings (SSSR count). The SMILES string of the molecule is CCc1cnc(CN(C)C(=O)C(N)c2ccccc2)s1. The predicted molar refractivity (Wildman–Crippen MR) is 81.3 cm³/mol. The number of nitrogens with two attached hydrogens (primary N) is 1. The topological polar surface area (TPSA) is 59.2 Å². The van der Waals surface area contributed by atoms with Crippen LogP contribution in [0.1, 0.15) is 28.4 Å². The Morgan fingerprint density at radius 3 is 2.70 bits per heavy atom. The smallest absolute Gasteiger partial charge is 0.244 e. The van der Waals surface area contributed by atoms with E-state index < -0.39 is 6.04 Å². The van der Waals surface area contributed by atoms with Crippen molar-refractivity contribution in [3.63, 3.8) is 0 Å². The van der Waals surface area contributed by atoms with Gasteiger partial charge in [-0.1, -0.05) is 37.3 Å². The zero-order valence-electron chi connectivity index (χ0n) is 11.7. The Balaban J connectivity index is 2.01. The minimum Gasteiger partial charge on any atom is -0.337 e. The Hall–Kier alpha value is -1.72. The molecule has 1 amide bonds. The first-order chi connectivity index (χ1) is 9.61. The molecule has 0 aliphatic heterocycles. The van der Waals surface area contributed by atoms with Gasteiger partial charge in [-0.15, -0.1) is 11.3 Å². The quantitative estimate of drug-likeness (QED) is 0.919. The molecule has 1 atom stereocenters. The minimum atomic E-state index is -0.619. The van der Waals surface area contributed by atoms with Crippen molar-refractivity contribution in [2.75, 3.05) is 7.05 Å². The van der Waals surface area contributed by atoms with E-state index in [9.17, 15) is 4.79 Å². The van der Waals surface area contributed by atoms with E-state index in [4.69, 9.17) is 5.73 Å². The van der Waals surface area contributed by atoms with Crippen molar-refractivity contribution in [3.05, 3.63) is 52.0 Å². The maximum Gasteiger partial charge on any atom is 0.244 e. The molecule has 1 unspecified atom stereocenters. The summed E-state index contributed by atoms with van der Waals surface area (Å²) in [6.45, 7) is 2.60. The molecule has 1 heterocycles. The van der Waals surface area contributed by atoms with E-state index in [-0.39, 0.29) is 5.91 Å². The fourth-order valence-electron chi connectivity index (χ4n) is 1.91. The summed E-state index contributed by atoms with van der Waals surface area (Å²) in [5.74, 6) is -0.0931. The summed E-state index contributed by atoms with van der Waals surface area (Å²) in [5, 5.41) is 0.943. The van der Waals surface area contributed by atoms with Crippen LogP contribution in [0.4, 0.5) is 0 Å². The largest absolute Gasteiger partial charge is 0.337 e. The van der Waals surface area contributed by atoms with Gasteiger partial charge < -0.3 is 10.6 Å². The molecule has 1 aromatic carbocycles. The highest BCUT2D eigenvalue weighted by Gasteiger charge is 2.20. The first-order valence-electron chi connectivity index (χ1n) is 6.61. The molecule has 0 spiro atoms. The van der Waals surface area contributed by atoms with Gasteiger partial charge in [-0.3, -0.25) is 4.79 Å². The van der Waals surface area contributed by atoms with Gasteiger partial charge in [-0.05, 0) is 12.0 Å². The molecule has 5 heteroatoms. The van der Waals surface area contributed by atoms with Crippen molar-refractivity contribution < 1.29 is 4.79 Å². The van der Waals surface area contributed by atoms with Crippen molar-refractivity contribution in [2.24, 2.45) is 5.73 Å². The average Bonchev–Trinajstić information content (AvgIpc) is 2.94. The second-order valence-corrected chi connectivity index (χ2v) is 5.86. The molecule has 2 aromatic rings. The average molecular weight is 289 g/mol. The summed E-state index contributed by atoms with van der Waals surface area (Å²) in [7, 11) is 1.76. The summed E-state index contributed by atoms with van der Waals surface area (Å²) in [6, 6.07) is 8.80. The van der Waals surface area contributed by atoms with E-state index in [2.05, 4.69) is 11.9 Å². The molecule has 0 aliphatic rings. The molecule has 106 valence electrons. The van der Waals surface area contributed by atoms with Crippen LogP contribution in [0.3, 0.4) is 0 Å². The Bertz CT molecular complexity index is 568. The number of likely N-dealkylation sites (N-methyl/N-ethyl adjacent to an activating group) is 1. The van der Waals surface area contributed by atoms with Crippen LogP contribution < -0.4 is 5.73 Å². The molecule has 0 saturated heterocycles. The first-order valence-corrected chi connectivity index (χ1v) is 7.42. The lowest BCUT2D eigenvalue weighted by molar-refractivity contribution is -0.131. The highest BCUT2D eigenvalue weighted by atomic mass is 32.1. The van der Waals surface area contributed by atoms with Gasteiger partial charge in [0.15, 0.2) is 0 Å². The van der Waals surface area contributed by atoms with E-state index in [1.165, 1.54) is 4.88 Å². The van der Waals surface area contributed by atoms with Crippen LogP contribution >= 0.6 is 11.3 Å². The molecule has 0 fully saturated rings. The highest BCUT2D eigenvalue weighted by molar-refractivity contribution is 7.11. The Labute approximate surface area is 123 Å². The Kier molecular flexibility index (Phi) is 4.87. The molecule has 2 N–H and O–H groups in total. The number of carbonyl (C=O) groups excluding carboxylic acids is 1. The predicted octanol–water partition coefficient (Wildman–Crippen LogP) is 2.36. The van der Waals surface area contributed by atoms with Crippen LogP contribution in [0.15, 0.2) is 36.5 Å². The lowest BCUT2D eigenvalue weighted by Gasteiger charge is -2.20. The van der Waals surface area contributed by atoms with E-state index in [0.717, 1.165) is 17.0 Å². The molecule has 0 aliphatic carbocycles. The number of carbonyl (C=O) groups is 1. The van der Waals surface area contributed by atoms with E-state index in [0.29, 0.717) is 6.54 Å². The molecular formula is C15H19N3OS. The zero-order valence-corrected chi connectivity index (χ0v) is 12.6. The van der Waals surface area contributed by atoms with E-state index in [1.807, 2.05) is 36.5 Å². The van der Waals surface area contributed by atoms with Crippen molar-refractivity contribution in [3.8, 4) is 0 Å². The van der Waals surface area contributed by atoms with Crippen LogP contribution in [-0.4, -0.2) is 22.8 Å².